The number of aryl methyl sites for hydroxylation is 1. The van der Waals surface area contributed by atoms with Crippen LogP contribution in [0.5, 0.6) is 0 Å². The summed E-state index contributed by atoms with van der Waals surface area (Å²) in [5, 5.41) is 2.64. The van der Waals surface area contributed by atoms with Gasteiger partial charge >= 0.3 is 0 Å². The average Bonchev–Trinajstić information content (AvgIpc) is 3.03. The van der Waals surface area contributed by atoms with Crippen LogP contribution in [0.2, 0.25) is 0 Å². The molecule has 3 aromatic heterocycles. The number of nitrogens with zero attached hydrogens (tertiary/aromatic N) is 3. The Balaban J connectivity index is 1.73. The molecule has 0 atom stereocenters. The van der Waals surface area contributed by atoms with Gasteiger partial charge in [-0.1, -0.05) is 6.07 Å². The minimum absolute atomic E-state index is 0.139. The molecule has 0 unspecified atom stereocenters. The Hall–Kier alpha value is -3.22. The number of nitrogens with one attached hydrogen (secondary N) is 1. The number of aromatic nitrogens is 3. The predicted octanol–water partition coefficient (Wildman–Crippen LogP) is 1.85. The highest BCUT2D eigenvalue weighted by atomic mass is 16.3. The summed E-state index contributed by atoms with van der Waals surface area (Å²) in [7, 11) is 0. The molecule has 0 fully saturated rings. The zero-order valence-electron chi connectivity index (χ0n) is 12.4. The summed E-state index contributed by atoms with van der Waals surface area (Å²) in [4.78, 5) is 32.4. The molecular formula is C16H14N4O3. The van der Waals surface area contributed by atoms with Gasteiger partial charge in [0, 0.05) is 11.8 Å². The van der Waals surface area contributed by atoms with Crippen LogP contribution in [-0.4, -0.2) is 20.4 Å². The van der Waals surface area contributed by atoms with E-state index in [4.69, 9.17) is 4.42 Å². The minimum atomic E-state index is -0.349. The van der Waals surface area contributed by atoms with Crippen LogP contribution in [0.3, 0.4) is 0 Å². The maximum Gasteiger partial charge on any atom is 0.254 e. The quantitative estimate of drug-likeness (QED) is 0.794. The molecule has 0 aliphatic rings. The number of amides is 1. The molecule has 3 rings (SSSR count). The second-order valence-corrected chi connectivity index (χ2v) is 4.93. The van der Waals surface area contributed by atoms with Crippen LogP contribution >= 0.6 is 0 Å². The van der Waals surface area contributed by atoms with E-state index in [-0.39, 0.29) is 18.0 Å². The number of carbonyl (C=O) groups is 1. The second-order valence-electron chi connectivity index (χ2n) is 4.93. The van der Waals surface area contributed by atoms with Gasteiger partial charge in [-0.05, 0) is 31.2 Å². The van der Waals surface area contributed by atoms with Crippen molar-refractivity contribution in [3.63, 3.8) is 0 Å². The lowest BCUT2D eigenvalue weighted by Crippen LogP contribution is -2.27. The van der Waals surface area contributed by atoms with Crippen LogP contribution in [0.4, 0.5) is 5.82 Å². The van der Waals surface area contributed by atoms with Crippen molar-refractivity contribution in [1.82, 2.24) is 14.5 Å². The van der Waals surface area contributed by atoms with Gasteiger partial charge < -0.3 is 9.73 Å². The second kappa shape index (κ2) is 6.27. The van der Waals surface area contributed by atoms with Gasteiger partial charge in [0.05, 0.1) is 12.6 Å². The highest BCUT2D eigenvalue weighted by Gasteiger charge is 2.09. The molecule has 0 radical (unpaired) electrons. The van der Waals surface area contributed by atoms with Gasteiger partial charge in [-0.3, -0.25) is 14.2 Å². The van der Waals surface area contributed by atoms with Crippen molar-refractivity contribution in [1.29, 1.82) is 0 Å². The Morgan fingerprint density at radius 3 is 2.87 bits per heavy atom. The molecular weight excluding hydrogens is 296 g/mol. The van der Waals surface area contributed by atoms with Crippen LogP contribution < -0.4 is 10.9 Å². The Bertz CT molecular complexity index is 884. The first-order valence-electron chi connectivity index (χ1n) is 6.96. The fourth-order valence-electron chi connectivity index (χ4n) is 2.05. The maximum absolute atomic E-state index is 12.1. The summed E-state index contributed by atoms with van der Waals surface area (Å²) in [6.07, 6.45) is 2.83. The molecule has 0 aliphatic heterocycles. The van der Waals surface area contributed by atoms with Crippen molar-refractivity contribution in [2.24, 2.45) is 0 Å². The van der Waals surface area contributed by atoms with E-state index in [1.165, 1.54) is 23.2 Å². The highest BCUT2D eigenvalue weighted by Crippen LogP contribution is 2.14. The normalized spacial score (nSPS) is 10.5. The molecule has 0 aromatic carbocycles. The zero-order chi connectivity index (χ0) is 16.2. The number of carbonyl (C=O) groups excluding carboxylic acids is 1. The number of hydrogen-bond donors (Lipinski definition) is 1. The van der Waals surface area contributed by atoms with Crippen molar-refractivity contribution in [2.75, 3.05) is 5.32 Å². The molecule has 0 saturated carbocycles. The fraction of sp³-hybridized carbons (Fsp3) is 0.125. The molecule has 0 spiro atoms. The molecule has 1 amide bonds. The number of hydrogen-bond acceptors (Lipinski definition) is 5. The summed E-state index contributed by atoms with van der Waals surface area (Å²) < 4.78 is 6.41. The van der Waals surface area contributed by atoms with Gasteiger partial charge in [-0.25, -0.2) is 9.97 Å². The third kappa shape index (κ3) is 3.52. The molecule has 1 N–H and O–H groups in total. The van der Waals surface area contributed by atoms with E-state index in [2.05, 4.69) is 15.3 Å². The summed E-state index contributed by atoms with van der Waals surface area (Å²) in [5.41, 5.74) is 0.889. The van der Waals surface area contributed by atoms with E-state index in [1.54, 1.807) is 24.3 Å². The summed E-state index contributed by atoms with van der Waals surface area (Å²) in [5.74, 6) is 0.601. The lowest BCUT2D eigenvalue weighted by molar-refractivity contribution is -0.116. The van der Waals surface area contributed by atoms with Gasteiger partial charge in [0.15, 0.2) is 5.76 Å². The molecule has 23 heavy (non-hydrogen) atoms. The fourth-order valence-corrected chi connectivity index (χ4v) is 2.05. The van der Waals surface area contributed by atoms with Gasteiger partial charge in [0.25, 0.3) is 5.56 Å². The van der Waals surface area contributed by atoms with E-state index in [0.29, 0.717) is 17.3 Å². The molecule has 7 nitrogen and oxygen atoms in total. The summed E-state index contributed by atoms with van der Waals surface area (Å²) >= 11 is 0. The predicted molar refractivity (Wildman–Crippen MR) is 83.8 cm³/mol. The van der Waals surface area contributed by atoms with Crippen molar-refractivity contribution < 1.29 is 9.21 Å². The monoisotopic (exact) mass is 310 g/mol. The largest absolute Gasteiger partial charge is 0.463 e. The standard InChI is InChI=1S/C16H14N4O3/c1-11-4-2-6-14(18-11)19-15(21)9-20-10-17-12(8-16(20)22)13-5-3-7-23-13/h2-8,10H,9H2,1H3,(H,18,19,21). The number of pyridine rings is 1. The Kier molecular flexibility index (Phi) is 4.01. The molecule has 3 heterocycles. The Labute approximate surface area is 131 Å². The SMILES string of the molecule is Cc1cccc(NC(=O)Cn2cnc(-c3ccco3)cc2=O)n1. The number of furan rings is 1. The number of rotatable bonds is 4. The molecule has 116 valence electrons. The summed E-state index contributed by atoms with van der Waals surface area (Å²) in [6.45, 7) is 1.69. The lowest BCUT2D eigenvalue weighted by Gasteiger charge is -2.07. The first-order chi connectivity index (χ1) is 11.1. The summed E-state index contributed by atoms with van der Waals surface area (Å²) in [6, 6.07) is 10.1. The van der Waals surface area contributed by atoms with Crippen molar-refractivity contribution in [3.8, 4) is 11.5 Å². The van der Waals surface area contributed by atoms with Gasteiger partial charge in [-0.15, -0.1) is 0 Å². The zero-order valence-corrected chi connectivity index (χ0v) is 12.4. The third-order valence-corrected chi connectivity index (χ3v) is 3.12. The maximum atomic E-state index is 12.1. The van der Waals surface area contributed by atoms with E-state index in [9.17, 15) is 9.59 Å². The van der Waals surface area contributed by atoms with Gasteiger partial charge in [0.1, 0.15) is 18.1 Å². The number of anilines is 1. The van der Waals surface area contributed by atoms with Gasteiger partial charge in [0.2, 0.25) is 5.91 Å². The van der Waals surface area contributed by atoms with E-state index in [1.807, 2.05) is 13.0 Å². The average molecular weight is 310 g/mol. The first kappa shape index (κ1) is 14.7. The van der Waals surface area contributed by atoms with Crippen LogP contribution in [0, 0.1) is 6.92 Å². The molecule has 0 bridgehead atoms. The molecule has 0 saturated heterocycles. The minimum Gasteiger partial charge on any atom is -0.463 e. The van der Waals surface area contributed by atoms with Crippen LogP contribution in [-0.2, 0) is 11.3 Å². The lowest BCUT2D eigenvalue weighted by atomic mass is 10.3. The topological polar surface area (TPSA) is 90.0 Å². The smallest absolute Gasteiger partial charge is 0.254 e. The van der Waals surface area contributed by atoms with Crippen LogP contribution in [0.25, 0.3) is 11.5 Å². The van der Waals surface area contributed by atoms with Crippen LogP contribution in [0.15, 0.2) is 58.2 Å². The van der Waals surface area contributed by atoms with Gasteiger partial charge in [-0.2, -0.15) is 0 Å². The Morgan fingerprint density at radius 2 is 2.17 bits per heavy atom. The van der Waals surface area contributed by atoms with Crippen molar-refractivity contribution in [3.05, 3.63) is 65.0 Å². The Morgan fingerprint density at radius 1 is 1.30 bits per heavy atom. The van der Waals surface area contributed by atoms with E-state index < -0.39 is 0 Å². The first-order valence-corrected chi connectivity index (χ1v) is 6.96. The van der Waals surface area contributed by atoms with E-state index in [0.717, 1.165) is 5.69 Å². The highest BCUT2D eigenvalue weighted by molar-refractivity contribution is 5.89. The molecule has 7 heteroatoms. The molecule has 3 aromatic rings. The van der Waals surface area contributed by atoms with E-state index >= 15 is 0 Å². The molecule has 0 aliphatic carbocycles. The van der Waals surface area contributed by atoms with Crippen molar-refractivity contribution >= 4 is 11.7 Å². The van der Waals surface area contributed by atoms with Crippen LogP contribution in [0.1, 0.15) is 5.69 Å². The van der Waals surface area contributed by atoms with Crippen molar-refractivity contribution in [2.45, 2.75) is 13.5 Å². The third-order valence-electron chi connectivity index (χ3n) is 3.12.